The first-order chi connectivity index (χ1) is 13.9. The SMILES string of the molecule is c1ccc(-c2cccc(OCCCCNc3ncnc4ccccc34)c2)cc1. The number of aromatic nitrogens is 2. The fourth-order valence-electron chi connectivity index (χ4n) is 3.17. The zero-order valence-corrected chi connectivity index (χ0v) is 15.7. The highest BCUT2D eigenvalue weighted by Crippen LogP contribution is 2.23. The van der Waals surface area contributed by atoms with Crippen molar-refractivity contribution in [3.8, 4) is 16.9 Å². The Hall–Kier alpha value is -3.40. The molecule has 1 N–H and O–H groups in total. The molecule has 4 aromatic rings. The van der Waals surface area contributed by atoms with Gasteiger partial charge in [0.25, 0.3) is 0 Å². The van der Waals surface area contributed by atoms with Crippen molar-refractivity contribution in [3.05, 3.63) is 85.2 Å². The van der Waals surface area contributed by atoms with Crippen molar-refractivity contribution in [1.82, 2.24) is 9.97 Å². The molecule has 1 aromatic heterocycles. The van der Waals surface area contributed by atoms with Crippen molar-refractivity contribution in [2.24, 2.45) is 0 Å². The molecule has 1 heterocycles. The van der Waals surface area contributed by atoms with Crippen LogP contribution in [-0.4, -0.2) is 23.1 Å². The van der Waals surface area contributed by atoms with Crippen LogP contribution in [0.1, 0.15) is 12.8 Å². The molecule has 0 aliphatic rings. The monoisotopic (exact) mass is 369 g/mol. The van der Waals surface area contributed by atoms with Crippen LogP contribution in [-0.2, 0) is 0 Å². The fourth-order valence-corrected chi connectivity index (χ4v) is 3.17. The molecule has 0 saturated heterocycles. The second-order valence-corrected chi connectivity index (χ2v) is 6.62. The second-order valence-electron chi connectivity index (χ2n) is 6.62. The molecule has 28 heavy (non-hydrogen) atoms. The van der Waals surface area contributed by atoms with Crippen LogP contribution in [0.3, 0.4) is 0 Å². The molecule has 0 aliphatic heterocycles. The van der Waals surface area contributed by atoms with Crippen molar-refractivity contribution < 1.29 is 4.74 Å². The Labute approximate surface area is 165 Å². The standard InChI is InChI=1S/C24H23N3O/c1-2-9-19(10-3-1)20-11-8-12-21(17-20)28-16-7-6-15-25-24-22-13-4-5-14-23(22)26-18-27-24/h1-5,8-14,17-18H,6-7,15-16H2,(H,25,26,27). The maximum atomic E-state index is 5.94. The van der Waals surface area contributed by atoms with Gasteiger partial charge in [-0.25, -0.2) is 9.97 Å². The highest BCUT2D eigenvalue weighted by molar-refractivity contribution is 5.88. The number of nitrogens with zero attached hydrogens (tertiary/aromatic N) is 2. The lowest BCUT2D eigenvalue weighted by Crippen LogP contribution is -2.06. The number of benzene rings is 3. The molecule has 0 saturated carbocycles. The van der Waals surface area contributed by atoms with Gasteiger partial charge in [0.2, 0.25) is 0 Å². The van der Waals surface area contributed by atoms with Gasteiger partial charge in [-0.3, -0.25) is 0 Å². The summed E-state index contributed by atoms with van der Waals surface area (Å²) in [6.45, 7) is 1.55. The molecule has 140 valence electrons. The number of unbranched alkanes of at least 4 members (excludes halogenated alkanes) is 1. The van der Waals surface area contributed by atoms with E-state index in [4.69, 9.17) is 4.74 Å². The van der Waals surface area contributed by atoms with Crippen LogP contribution in [0.15, 0.2) is 85.2 Å². The summed E-state index contributed by atoms with van der Waals surface area (Å²) in [5.41, 5.74) is 3.34. The number of fused-ring (bicyclic) bond motifs is 1. The van der Waals surface area contributed by atoms with Gasteiger partial charge in [-0.1, -0.05) is 54.6 Å². The topological polar surface area (TPSA) is 47.0 Å². The van der Waals surface area contributed by atoms with E-state index in [9.17, 15) is 0 Å². The summed E-state index contributed by atoms with van der Waals surface area (Å²) < 4.78 is 5.94. The Morgan fingerprint density at radius 1 is 0.750 bits per heavy atom. The summed E-state index contributed by atoms with van der Waals surface area (Å²) in [5, 5.41) is 4.46. The number of nitrogens with one attached hydrogen (secondary N) is 1. The lowest BCUT2D eigenvalue weighted by molar-refractivity contribution is 0.308. The summed E-state index contributed by atoms with van der Waals surface area (Å²) in [7, 11) is 0. The van der Waals surface area contributed by atoms with Crippen molar-refractivity contribution >= 4 is 16.7 Å². The Kier molecular flexibility index (Phi) is 5.78. The highest BCUT2D eigenvalue weighted by atomic mass is 16.5. The van der Waals surface area contributed by atoms with Crippen LogP contribution in [0.4, 0.5) is 5.82 Å². The average Bonchev–Trinajstić information content (AvgIpc) is 2.77. The minimum atomic E-state index is 0.699. The predicted octanol–water partition coefficient (Wildman–Crippen LogP) is 5.57. The summed E-state index contributed by atoms with van der Waals surface area (Å²) in [4.78, 5) is 8.65. The quantitative estimate of drug-likeness (QED) is 0.413. The van der Waals surface area contributed by atoms with E-state index >= 15 is 0 Å². The Bertz CT molecular complexity index is 1030. The predicted molar refractivity (Wildman–Crippen MR) is 115 cm³/mol. The molecular formula is C24H23N3O. The average molecular weight is 369 g/mol. The Balaban J connectivity index is 1.24. The normalized spacial score (nSPS) is 10.7. The van der Waals surface area contributed by atoms with Gasteiger partial charge in [-0.2, -0.15) is 0 Å². The molecule has 4 heteroatoms. The molecular weight excluding hydrogens is 346 g/mol. The largest absolute Gasteiger partial charge is 0.494 e. The van der Waals surface area contributed by atoms with Crippen LogP contribution in [0.2, 0.25) is 0 Å². The Morgan fingerprint density at radius 2 is 1.57 bits per heavy atom. The van der Waals surface area contributed by atoms with E-state index in [0.29, 0.717) is 6.61 Å². The van der Waals surface area contributed by atoms with Gasteiger partial charge in [-0.15, -0.1) is 0 Å². The van der Waals surface area contributed by atoms with Gasteiger partial charge in [0.05, 0.1) is 12.1 Å². The fraction of sp³-hybridized carbons (Fsp3) is 0.167. The molecule has 0 unspecified atom stereocenters. The molecule has 0 bridgehead atoms. The maximum Gasteiger partial charge on any atom is 0.137 e. The third kappa shape index (κ3) is 4.46. The molecule has 0 fully saturated rings. The maximum absolute atomic E-state index is 5.94. The first-order valence-corrected chi connectivity index (χ1v) is 9.62. The van der Waals surface area contributed by atoms with Crippen molar-refractivity contribution in [2.75, 3.05) is 18.5 Å². The molecule has 0 aliphatic carbocycles. The van der Waals surface area contributed by atoms with Gasteiger partial charge in [-0.05, 0) is 48.2 Å². The lowest BCUT2D eigenvalue weighted by Gasteiger charge is -2.10. The number of ether oxygens (including phenoxy) is 1. The van der Waals surface area contributed by atoms with Crippen LogP contribution >= 0.6 is 0 Å². The highest BCUT2D eigenvalue weighted by Gasteiger charge is 2.02. The first-order valence-electron chi connectivity index (χ1n) is 9.62. The number of hydrogen-bond donors (Lipinski definition) is 1. The summed E-state index contributed by atoms with van der Waals surface area (Å²) >= 11 is 0. The minimum Gasteiger partial charge on any atom is -0.494 e. The van der Waals surface area contributed by atoms with E-state index in [0.717, 1.165) is 41.9 Å². The number of rotatable bonds is 8. The van der Waals surface area contributed by atoms with E-state index in [-0.39, 0.29) is 0 Å². The molecule has 0 spiro atoms. The van der Waals surface area contributed by atoms with Gasteiger partial charge in [0.15, 0.2) is 0 Å². The van der Waals surface area contributed by atoms with Crippen molar-refractivity contribution in [2.45, 2.75) is 12.8 Å². The number of para-hydroxylation sites is 1. The van der Waals surface area contributed by atoms with Gasteiger partial charge in [0.1, 0.15) is 17.9 Å². The van der Waals surface area contributed by atoms with Gasteiger partial charge in [0, 0.05) is 11.9 Å². The van der Waals surface area contributed by atoms with Crippen LogP contribution in [0, 0.1) is 0 Å². The molecule has 4 rings (SSSR count). The smallest absolute Gasteiger partial charge is 0.137 e. The van der Waals surface area contributed by atoms with Crippen LogP contribution in [0.25, 0.3) is 22.0 Å². The van der Waals surface area contributed by atoms with Crippen LogP contribution in [0.5, 0.6) is 5.75 Å². The summed E-state index contributed by atoms with van der Waals surface area (Å²) in [5.74, 6) is 1.80. The third-order valence-electron chi connectivity index (χ3n) is 4.62. The zero-order valence-electron chi connectivity index (χ0n) is 15.7. The van der Waals surface area contributed by atoms with E-state index in [1.807, 2.05) is 42.5 Å². The van der Waals surface area contributed by atoms with E-state index < -0.39 is 0 Å². The number of hydrogen-bond acceptors (Lipinski definition) is 4. The van der Waals surface area contributed by atoms with Crippen molar-refractivity contribution in [3.63, 3.8) is 0 Å². The summed E-state index contributed by atoms with van der Waals surface area (Å²) in [6, 6.07) is 26.7. The van der Waals surface area contributed by atoms with E-state index in [2.05, 4.69) is 51.7 Å². The lowest BCUT2D eigenvalue weighted by atomic mass is 10.1. The second kappa shape index (κ2) is 9.00. The Morgan fingerprint density at radius 3 is 2.50 bits per heavy atom. The molecule has 0 radical (unpaired) electrons. The van der Waals surface area contributed by atoms with Crippen LogP contribution < -0.4 is 10.1 Å². The molecule has 4 nitrogen and oxygen atoms in total. The summed E-state index contributed by atoms with van der Waals surface area (Å²) in [6.07, 6.45) is 3.59. The zero-order chi connectivity index (χ0) is 19.0. The third-order valence-corrected chi connectivity index (χ3v) is 4.62. The molecule has 3 aromatic carbocycles. The minimum absolute atomic E-state index is 0.699. The van der Waals surface area contributed by atoms with Gasteiger partial charge < -0.3 is 10.1 Å². The van der Waals surface area contributed by atoms with E-state index in [1.54, 1.807) is 6.33 Å². The van der Waals surface area contributed by atoms with Crippen molar-refractivity contribution in [1.29, 1.82) is 0 Å². The first kappa shape index (κ1) is 18.0. The molecule has 0 amide bonds. The molecule has 0 atom stereocenters. The van der Waals surface area contributed by atoms with E-state index in [1.165, 1.54) is 11.1 Å². The number of anilines is 1. The van der Waals surface area contributed by atoms with Gasteiger partial charge >= 0.3 is 0 Å².